The number of hydrogen-bond donors (Lipinski definition) is 1. The number of H-pyrrole nitrogens is 1. The van der Waals surface area contributed by atoms with Crippen LogP contribution in [0.4, 0.5) is 10.3 Å². The van der Waals surface area contributed by atoms with Gasteiger partial charge in [0.05, 0.1) is 24.3 Å². The second-order valence-electron chi connectivity index (χ2n) is 11.5. The summed E-state index contributed by atoms with van der Waals surface area (Å²) in [6.45, 7) is 4.76. The number of hydrogen-bond acceptors (Lipinski definition) is 8. The smallest absolute Gasteiger partial charge is 0.377 e. The second-order valence-corrected chi connectivity index (χ2v) is 11.9. The van der Waals surface area contributed by atoms with Crippen LogP contribution in [0.1, 0.15) is 44.2 Å². The summed E-state index contributed by atoms with van der Waals surface area (Å²) in [6.07, 6.45) is 4.58. The molecule has 0 unspecified atom stereocenters. The van der Waals surface area contributed by atoms with Crippen LogP contribution in [0.2, 0.25) is 5.02 Å². The minimum atomic E-state index is -0.721. The Balaban J connectivity index is 1.46. The number of anilines is 1. The highest BCUT2D eigenvalue weighted by molar-refractivity contribution is 6.31. The third-order valence-electron chi connectivity index (χ3n) is 8.57. The molecule has 1 atom stereocenters. The fourth-order valence-electron chi connectivity index (χ4n) is 6.26. The number of ether oxygens (including phenoxy) is 1. The van der Waals surface area contributed by atoms with Crippen LogP contribution in [-0.2, 0) is 11.3 Å². The van der Waals surface area contributed by atoms with Gasteiger partial charge < -0.3 is 14.2 Å². The lowest BCUT2D eigenvalue weighted by Crippen LogP contribution is -2.41. The van der Waals surface area contributed by atoms with Crippen LogP contribution in [0.25, 0.3) is 34.1 Å². The number of benzene rings is 2. The van der Waals surface area contributed by atoms with Crippen molar-refractivity contribution >= 4 is 28.7 Å². The molecule has 1 aliphatic heterocycles. The molecule has 222 valence electrons. The van der Waals surface area contributed by atoms with Gasteiger partial charge in [0.1, 0.15) is 17.0 Å². The Bertz CT molecular complexity index is 1810. The largest absolute Gasteiger partial charge is 0.439 e. The summed E-state index contributed by atoms with van der Waals surface area (Å²) in [5, 5.41) is 3.79. The Morgan fingerprint density at radius 1 is 1.07 bits per heavy atom. The third kappa shape index (κ3) is 5.43. The van der Waals surface area contributed by atoms with Crippen molar-refractivity contribution in [1.29, 1.82) is 0 Å². The molecule has 3 aromatic heterocycles. The molecule has 4 heterocycles. The molecule has 2 fully saturated rings. The first kappa shape index (κ1) is 27.7. The number of nitrogens with zero attached hydrogens (tertiary/aromatic N) is 6. The van der Waals surface area contributed by atoms with E-state index in [4.69, 9.17) is 35.8 Å². The minimum absolute atomic E-state index is 0.0227. The molecule has 1 N–H and O–H groups in total. The molecule has 1 saturated carbocycles. The van der Waals surface area contributed by atoms with Crippen LogP contribution in [0.15, 0.2) is 57.8 Å². The molecule has 0 amide bonds. The molecule has 7 rings (SSSR count). The van der Waals surface area contributed by atoms with E-state index in [1.165, 1.54) is 18.9 Å². The SMILES string of the molecule is CC1CCC(Cn2c(N3CCOC[C@H]3c3ccccc3)nc3nc(-c4noc(=O)[nH]4)nc(-c4ccc(F)c(Cl)c4)c32)CC1. The van der Waals surface area contributed by atoms with E-state index in [1.807, 2.05) is 18.2 Å². The maximum absolute atomic E-state index is 14.3. The summed E-state index contributed by atoms with van der Waals surface area (Å²) in [5.41, 5.74) is 3.38. The van der Waals surface area contributed by atoms with Crippen molar-refractivity contribution in [3.8, 4) is 22.9 Å². The quantitative estimate of drug-likeness (QED) is 0.250. The zero-order valence-electron chi connectivity index (χ0n) is 23.7. The molecule has 10 nitrogen and oxygen atoms in total. The van der Waals surface area contributed by atoms with Crippen LogP contribution in [0.3, 0.4) is 0 Å². The van der Waals surface area contributed by atoms with E-state index < -0.39 is 11.6 Å². The van der Waals surface area contributed by atoms with Crippen molar-refractivity contribution in [3.05, 3.63) is 75.5 Å². The molecule has 0 radical (unpaired) electrons. The molecule has 12 heteroatoms. The number of halogens is 2. The Morgan fingerprint density at radius 2 is 1.88 bits per heavy atom. The van der Waals surface area contributed by atoms with Gasteiger partial charge >= 0.3 is 5.76 Å². The van der Waals surface area contributed by atoms with Crippen LogP contribution in [-0.4, -0.2) is 49.4 Å². The van der Waals surface area contributed by atoms with Crippen LogP contribution >= 0.6 is 11.6 Å². The molecule has 1 aliphatic carbocycles. The number of nitrogens with one attached hydrogen (secondary N) is 1. The van der Waals surface area contributed by atoms with Crippen LogP contribution < -0.4 is 10.7 Å². The monoisotopic (exact) mass is 603 g/mol. The first-order valence-electron chi connectivity index (χ1n) is 14.6. The number of aromatic nitrogens is 6. The zero-order valence-corrected chi connectivity index (χ0v) is 24.4. The van der Waals surface area contributed by atoms with Gasteiger partial charge in [-0.25, -0.2) is 19.2 Å². The van der Waals surface area contributed by atoms with Gasteiger partial charge in [-0.05, 0) is 48.4 Å². The Morgan fingerprint density at radius 3 is 2.63 bits per heavy atom. The topological polar surface area (TPSA) is 115 Å². The fourth-order valence-corrected chi connectivity index (χ4v) is 6.44. The highest BCUT2D eigenvalue weighted by Crippen LogP contribution is 2.39. The summed E-state index contributed by atoms with van der Waals surface area (Å²) < 4.78 is 27.2. The van der Waals surface area contributed by atoms with Gasteiger partial charge in [-0.15, -0.1) is 0 Å². The minimum Gasteiger partial charge on any atom is -0.377 e. The average molecular weight is 604 g/mol. The van der Waals surface area contributed by atoms with E-state index in [0.717, 1.165) is 30.9 Å². The first-order chi connectivity index (χ1) is 20.9. The Kier molecular flexibility index (Phi) is 7.44. The third-order valence-corrected chi connectivity index (χ3v) is 8.86. The van der Waals surface area contributed by atoms with E-state index in [1.54, 1.807) is 12.1 Å². The summed E-state index contributed by atoms with van der Waals surface area (Å²) in [5.74, 6) is 0.887. The van der Waals surface area contributed by atoms with E-state index in [0.29, 0.717) is 54.0 Å². The highest BCUT2D eigenvalue weighted by Gasteiger charge is 2.32. The average Bonchev–Trinajstić information content (AvgIpc) is 3.63. The summed E-state index contributed by atoms with van der Waals surface area (Å²) in [6, 6.07) is 14.7. The second kappa shape index (κ2) is 11.5. The normalized spacial score (nSPS) is 21.0. The first-order valence-corrected chi connectivity index (χ1v) is 15.0. The van der Waals surface area contributed by atoms with Crippen LogP contribution in [0.5, 0.6) is 0 Å². The van der Waals surface area contributed by atoms with Gasteiger partial charge in [0.25, 0.3) is 0 Å². The summed E-state index contributed by atoms with van der Waals surface area (Å²) in [7, 11) is 0. The van der Waals surface area contributed by atoms with Gasteiger partial charge in [0, 0.05) is 18.7 Å². The molecule has 43 heavy (non-hydrogen) atoms. The van der Waals surface area contributed by atoms with Crippen molar-refractivity contribution in [2.45, 2.75) is 45.2 Å². The predicted octanol–water partition coefficient (Wildman–Crippen LogP) is 6.03. The van der Waals surface area contributed by atoms with E-state index in [9.17, 15) is 9.18 Å². The van der Waals surface area contributed by atoms with E-state index in [-0.39, 0.29) is 22.7 Å². The fraction of sp³-hybridized carbons (Fsp3) is 0.387. The van der Waals surface area contributed by atoms with E-state index >= 15 is 0 Å². The molecule has 2 aromatic carbocycles. The molecule has 0 spiro atoms. The van der Waals surface area contributed by atoms with Gasteiger partial charge in [-0.1, -0.05) is 66.9 Å². The van der Waals surface area contributed by atoms with E-state index in [2.05, 4.69) is 38.7 Å². The molecule has 0 bridgehead atoms. The maximum atomic E-state index is 14.3. The number of rotatable bonds is 6. The lowest BCUT2D eigenvalue weighted by atomic mass is 9.83. The van der Waals surface area contributed by atoms with Crippen molar-refractivity contribution < 1.29 is 13.7 Å². The predicted molar refractivity (Wildman–Crippen MR) is 160 cm³/mol. The van der Waals surface area contributed by atoms with Gasteiger partial charge in [-0.2, -0.15) is 4.98 Å². The standard InChI is InChI=1S/C31H31ClFN7O3/c1-18-7-9-19(10-8-18)16-40-26-25(21-11-12-23(33)22(32)15-21)34-28(29-37-31(41)43-38-29)35-27(26)36-30(40)39-13-14-42-17-24(39)20-5-3-2-4-6-20/h2-6,11-12,15,18-19,24H,7-10,13-14,16-17H2,1H3,(H,37,38,41)/t18?,19?,24-/m0/s1. The molecule has 2 aliphatic rings. The van der Waals surface area contributed by atoms with Crippen molar-refractivity contribution in [2.75, 3.05) is 24.7 Å². The van der Waals surface area contributed by atoms with Crippen LogP contribution in [0, 0.1) is 17.7 Å². The van der Waals surface area contributed by atoms with Crippen molar-refractivity contribution in [1.82, 2.24) is 29.7 Å². The lowest BCUT2D eigenvalue weighted by molar-refractivity contribution is 0.0927. The maximum Gasteiger partial charge on any atom is 0.439 e. The highest BCUT2D eigenvalue weighted by atomic mass is 35.5. The van der Waals surface area contributed by atoms with Gasteiger partial charge in [-0.3, -0.25) is 9.51 Å². The number of aromatic amines is 1. The molecular weight excluding hydrogens is 573 g/mol. The lowest BCUT2D eigenvalue weighted by Gasteiger charge is -2.37. The van der Waals surface area contributed by atoms with Crippen molar-refractivity contribution in [2.24, 2.45) is 11.8 Å². The summed E-state index contributed by atoms with van der Waals surface area (Å²) in [4.78, 5) is 31.4. The molecule has 5 aromatic rings. The van der Waals surface area contributed by atoms with Crippen molar-refractivity contribution in [3.63, 3.8) is 0 Å². The zero-order chi connectivity index (χ0) is 29.5. The van der Waals surface area contributed by atoms with Gasteiger partial charge in [0.15, 0.2) is 5.65 Å². The van der Waals surface area contributed by atoms with Gasteiger partial charge in [0.2, 0.25) is 17.6 Å². The Hall–Kier alpha value is -4.09. The number of fused-ring (bicyclic) bond motifs is 1. The molecule has 1 saturated heterocycles. The molecular formula is C31H31ClFN7O3. The number of morpholine rings is 1. The number of imidazole rings is 1. The Labute approximate surface area is 251 Å². The summed E-state index contributed by atoms with van der Waals surface area (Å²) >= 11 is 6.26.